The smallest absolute Gasteiger partial charge is 0.294 e. The zero-order valence-electron chi connectivity index (χ0n) is 9.45. The van der Waals surface area contributed by atoms with Gasteiger partial charge in [0, 0.05) is 18.2 Å². The van der Waals surface area contributed by atoms with Crippen molar-refractivity contribution >= 4 is 35.0 Å². The van der Waals surface area contributed by atoms with Crippen LogP contribution in [0.1, 0.15) is 15.5 Å². The van der Waals surface area contributed by atoms with E-state index >= 15 is 0 Å². The molecule has 0 spiro atoms. The average molecular weight is 285 g/mol. The summed E-state index contributed by atoms with van der Waals surface area (Å²) < 4.78 is 1.69. The summed E-state index contributed by atoms with van der Waals surface area (Å²) in [6, 6.07) is 0. The van der Waals surface area contributed by atoms with Crippen LogP contribution < -0.4 is 17.0 Å². The number of hydrogen-bond donors (Lipinski definition) is 3. The zero-order chi connectivity index (χ0) is 13.1. The molecule has 0 radical (unpaired) electrons. The molecule has 10 heteroatoms. The van der Waals surface area contributed by atoms with Crippen molar-refractivity contribution in [3.63, 3.8) is 0 Å². The number of carbonyl (C=O) groups is 1. The van der Waals surface area contributed by atoms with Crippen LogP contribution in [-0.4, -0.2) is 25.7 Å². The number of hydrogen-bond acceptors (Lipinski definition) is 8. The van der Waals surface area contributed by atoms with Crippen molar-refractivity contribution in [1.82, 2.24) is 25.2 Å². The van der Waals surface area contributed by atoms with Gasteiger partial charge >= 0.3 is 0 Å². The third kappa shape index (κ3) is 2.60. The zero-order valence-corrected chi connectivity index (χ0v) is 11.1. The van der Waals surface area contributed by atoms with E-state index in [1.54, 1.807) is 17.0 Å². The van der Waals surface area contributed by atoms with E-state index in [9.17, 15) is 4.79 Å². The molecule has 2 heterocycles. The lowest BCUT2D eigenvalue weighted by atomic mass is 10.5. The molecule has 96 valence electrons. The van der Waals surface area contributed by atoms with E-state index in [1.807, 2.05) is 5.43 Å². The number of rotatable bonds is 4. The molecule has 0 saturated heterocycles. The highest BCUT2D eigenvalue weighted by atomic mass is 32.2. The van der Waals surface area contributed by atoms with E-state index in [1.165, 1.54) is 23.1 Å². The molecule has 0 aliphatic heterocycles. The van der Waals surface area contributed by atoms with Gasteiger partial charge in [0.1, 0.15) is 0 Å². The molecule has 18 heavy (non-hydrogen) atoms. The molecule has 0 fully saturated rings. The van der Waals surface area contributed by atoms with Gasteiger partial charge in [0.15, 0.2) is 10.2 Å². The van der Waals surface area contributed by atoms with E-state index in [-0.39, 0.29) is 5.91 Å². The molecular formula is C8H11N7OS2. The Kier molecular flexibility index (Phi) is 3.79. The number of carbonyl (C=O) groups excluding carboxylic acids is 1. The average Bonchev–Trinajstić information content (AvgIpc) is 2.96. The van der Waals surface area contributed by atoms with Gasteiger partial charge in [0.05, 0.1) is 5.69 Å². The second kappa shape index (κ2) is 5.33. The van der Waals surface area contributed by atoms with Crippen LogP contribution in [0.3, 0.4) is 0 Å². The first-order valence-corrected chi connectivity index (χ1v) is 6.71. The number of nitrogens with one attached hydrogen (secondary N) is 1. The van der Waals surface area contributed by atoms with Crippen LogP contribution in [0.2, 0.25) is 0 Å². The lowest BCUT2D eigenvalue weighted by Crippen LogP contribution is -2.29. The molecular weight excluding hydrogens is 274 g/mol. The summed E-state index contributed by atoms with van der Waals surface area (Å²) in [5.41, 5.74) is 8.39. The molecule has 2 aromatic rings. The first-order valence-electron chi connectivity index (χ1n) is 4.85. The quantitative estimate of drug-likeness (QED) is 0.306. The SMILES string of the molecule is Cn1c(N)nnc1SCc1csc(C(=O)NN)n1. The minimum Gasteiger partial charge on any atom is -0.368 e. The Morgan fingerprint density at radius 1 is 1.61 bits per heavy atom. The van der Waals surface area contributed by atoms with Crippen LogP contribution in [0.4, 0.5) is 5.95 Å². The standard InChI is InChI=1S/C8H11N7OS2/c1-15-7(9)13-14-8(15)18-3-4-2-17-6(11-4)5(16)12-10/h2H,3,10H2,1H3,(H2,9,13)(H,12,16). The van der Waals surface area contributed by atoms with Gasteiger partial charge in [-0.15, -0.1) is 21.5 Å². The van der Waals surface area contributed by atoms with Crippen molar-refractivity contribution in [1.29, 1.82) is 0 Å². The van der Waals surface area contributed by atoms with Crippen LogP contribution in [0.5, 0.6) is 0 Å². The first-order chi connectivity index (χ1) is 8.61. The van der Waals surface area contributed by atoms with Gasteiger partial charge < -0.3 is 5.73 Å². The Balaban J connectivity index is 2.00. The van der Waals surface area contributed by atoms with Gasteiger partial charge in [-0.05, 0) is 0 Å². The Morgan fingerprint density at radius 2 is 2.39 bits per heavy atom. The molecule has 1 amide bonds. The Morgan fingerprint density at radius 3 is 3.00 bits per heavy atom. The van der Waals surface area contributed by atoms with E-state index in [0.717, 1.165) is 5.69 Å². The summed E-state index contributed by atoms with van der Waals surface area (Å²) in [5.74, 6) is 5.58. The first kappa shape index (κ1) is 12.8. The molecule has 0 unspecified atom stereocenters. The molecule has 5 N–H and O–H groups in total. The monoisotopic (exact) mass is 285 g/mol. The highest BCUT2D eigenvalue weighted by molar-refractivity contribution is 7.98. The largest absolute Gasteiger partial charge is 0.368 e. The molecule has 2 rings (SSSR count). The molecule has 0 bridgehead atoms. The van der Waals surface area contributed by atoms with Gasteiger partial charge in [0.25, 0.3) is 5.91 Å². The van der Waals surface area contributed by atoms with Crippen molar-refractivity contribution in [3.8, 4) is 0 Å². The number of nitrogens with two attached hydrogens (primary N) is 2. The Labute approximate surface area is 111 Å². The number of nitrogens with zero attached hydrogens (tertiary/aromatic N) is 4. The summed E-state index contributed by atoms with van der Waals surface area (Å²) in [4.78, 5) is 15.4. The predicted octanol–water partition coefficient (Wildman–Crippen LogP) is -0.250. The fourth-order valence-corrected chi connectivity index (χ4v) is 2.77. The van der Waals surface area contributed by atoms with Gasteiger partial charge in [-0.2, -0.15) is 0 Å². The number of thioether (sulfide) groups is 1. The van der Waals surface area contributed by atoms with Crippen LogP contribution in [0.25, 0.3) is 0 Å². The van der Waals surface area contributed by atoms with Gasteiger partial charge in [-0.1, -0.05) is 11.8 Å². The summed E-state index contributed by atoms with van der Waals surface area (Å²) in [5, 5.41) is 10.5. The van der Waals surface area contributed by atoms with Gasteiger partial charge in [-0.3, -0.25) is 14.8 Å². The van der Waals surface area contributed by atoms with E-state index in [2.05, 4.69) is 15.2 Å². The number of hydrazine groups is 1. The summed E-state index contributed by atoms with van der Waals surface area (Å²) in [6.45, 7) is 0. The topological polar surface area (TPSA) is 125 Å². The maximum Gasteiger partial charge on any atom is 0.294 e. The number of aromatic nitrogens is 4. The lowest BCUT2D eigenvalue weighted by Gasteiger charge is -1.98. The number of thiazole rings is 1. The van der Waals surface area contributed by atoms with E-state index in [4.69, 9.17) is 11.6 Å². The maximum atomic E-state index is 11.2. The minimum absolute atomic E-state index is 0.338. The third-order valence-electron chi connectivity index (χ3n) is 2.09. The lowest BCUT2D eigenvalue weighted by molar-refractivity contribution is 0.0953. The van der Waals surface area contributed by atoms with Gasteiger partial charge in [0.2, 0.25) is 5.95 Å². The van der Waals surface area contributed by atoms with Gasteiger partial charge in [-0.25, -0.2) is 10.8 Å². The second-order valence-electron chi connectivity index (χ2n) is 3.31. The van der Waals surface area contributed by atoms with Crippen molar-refractivity contribution in [3.05, 3.63) is 16.1 Å². The number of anilines is 1. The Hall–Kier alpha value is -1.65. The number of nitrogen functional groups attached to an aromatic ring is 2. The predicted molar refractivity (Wildman–Crippen MR) is 68.7 cm³/mol. The minimum atomic E-state index is -0.390. The van der Waals surface area contributed by atoms with Crippen molar-refractivity contribution in [2.75, 3.05) is 5.73 Å². The third-order valence-corrected chi connectivity index (χ3v) is 4.04. The molecule has 8 nitrogen and oxygen atoms in total. The molecule has 0 atom stereocenters. The van der Waals surface area contributed by atoms with Crippen LogP contribution in [-0.2, 0) is 12.8 Å². The molecule has 0 aromatic carbocycles. The number of amides is 1. The fraction of sp³-hybridized carbons (Fsp3) is 0.250. The molecule has 0 saturated carbocycles. The summed E-state index contributed by atoms with van der Waals surface area (Å²) >= 11 is 2.69. The normalized spacial score (nSPS) is 10.6. The van der Waals surface area contributed by atoms with Crippen molar-refractivity contribution in [2.24, 2.45) is 12.9 Å². The second-order valence-corrected chi connectivity index (χ2v) is 5.11. The molecule has 0 aliphatic carbocycles. The highest BCUT2D eigenvalue weighted by Crippen LogP contribution is 2.22. The Bertz CT molecular complexity index is 564. The maximum absolute atomic E-state index is 11.2. The molecule has 0 aliphatic rings. The van der Waals surface area contributed by atoms with Crippen LogP contribution in [0.15, 0.2) is 10.5 Å². The van der Waals surface area contributed by atoms with Crippen LogP contribution >= 0.6 is 23.1 Å². The van der Waals surface area contributed by atoms with Crippen molar-refractivity contribution < 1.29 is 4.79 Å². The summed E-state index contributed by atoms with van der Waals surface area (Å²) in [6.07, 6.45) is 0. The highest BCUT2D eigenvalue weighted by Gasteiger charge is 2.11. The fourth-order valence-electron chi connectivity index (χ4n) is 1.13. The van der Waals surface area contributed by atoms with Crippen molar-refractivity contribution in [2.45, 2.75) is 10.9 Å². The summed E-state index contributed by atoms with van der Waals surface area (Å²) in [7, 11) is 1.78. The molecule has 2 aromatic heterocycles. The van der Waals surface area contributed by atoms with E-state index in [0.29, 0.717) is 21.9 Å². The van der Waals surface area contributed by atoms with E-state index < -0.39 is 0 Å². The van der Waals surface area contributed by atoms with Crippen LogP contribution in [0, 0.1) is 0 Å².